The molecule has 2 heterocycles. The van der Waals surface area contributed by atoms with Crippen LogP contribution in [-0.4, -0.2) is 35.7 Å². The van der Waals surface area contributed by atoms with Crippen molar-refractivity contribution in [3.05, 3.63) is 35.9 Å². The van der Waals surface area contributed by atoms with Crippen molar-refractivity contribution < 1.29 is 19.4 Å². The number of hydrazine groups is 1. The number of carboxylic acid groups (broad SMARTS) is 1. The minimum atomic E-state index is -0.708. The van der Waals surface area contributed by atoms with Gasteiger partial charge in [0.15, 0.2) is 0 Å². The Morgan fingerprint density at radius 2 is 1.70 bits per heavy atom. The largest absolute Gasteiger partial charge is 0.481 e. The molecule has 4 atom stereocenters. The Kier molecular flexibility index (Phi) is 7.24. The average Bonchev–Trinajstić information content (AvgIpc) is 3.27. The van der Waals surface area contributed by atoms with E-state index in [1.165, 1.54) is 0 Å². The van der Waals surface area contributed by atoms with Crippen LogP contribution in [0.4, 0.5) is 0 Å². The van der Waals surface area contributed by atoms with Crippen LogP contribution in [0.3, 0.4) is 0 Å². The van der Waals surface area contributed by atoms with Gasteiger partial charge in [-0.15, -0.1) is 0 Å². The van der Waals surface area contributed by atoms with E-state index in [-0.39, 0.29) is 12.3 Å². The molecule has 2 fully saturated rings. The summed E-state index contributed by atoms with van der Waals surface area (Å²) in [5.74, 6) is 0.137. The maximum atomic E-state index is 12.1. The van der Waals surface area contributed by atoms with Gasteiger partial charge < -0.3 is 9.84 Å². The van der Waals surface area contributed by atoms with E-state index in [0.717, 1.165) is 51.5 Å². The van der Waals surface area contributed by atoms with Gasteiger partial charge in [0.05, 0.1) is 12.2 Å². The van der Waals surface area contributed by atoms with E-state index in [9.17, 15) is 9.59 Å². The third-order valence-corrected chi connectivity index (χ3v) is 5.84. The first kappa shape index (κ1) is 19.8. The van der Waals surface area contributed by atoms with Gasteiger partial charge in [-0.1, -0.05) is 37.5 Å². The van der Waals surface area contributed by atoms with E-state index >= 15 is 0 Å². The zero-order valence-corrected chi connectivity index (χ0v) is 15.7. The molecule has 0 saturated carbocycles. The number of aliphatic carboxylic acids is 1. The molecule has 2 aliphatic heterocycles. The van der Waals surface area contributed by atoms with Crippen molar-refractivity contribution in [1.82, 2.24) is 10.9 Å². The molecule has 3 N–H and O–H groups in total. The summed E-state index contributed by atoms with van der Waals surface area (Å²) in [5.41, 5.74) is 6.56. The van der Waals surface area contributed by atoms with Crippen LogP contribution in [0.2, 0.25) is 0 Å². The highest BCUT2D eigenvalue weighted by atomic mass is 16.5. The number of carbonyl (C=O) groups is 2. The molecular formula is C21H30N2O4. The molecular weight excluding hydrogens is 344 g/mol. The third kappa shape index (κ3) is 5.53. The smallest absolute Gasteiger partial charge is 0.303 e. The number of unbranched alkanes of at least 4 members (excludes halogenated alkanes) is 3. The normalized spacial score (nSPS) is 26.2. The number of rotatable bonds is 11. The molecule has 6 heteroatoms. The molecule has 0 spiro atoms. The van der Waals surface area contributed by atoms with E-state index < -0.39 is 5.97 Å². The zero-order valence-electron chi connectivity index (χ0n) is 15.7. The van der Waals surface area contributed by atoms with E-state index in [1.54, 1.807) is 12.1 Å². The molecule has 27 heavy (non-hydrogen) atoms. The summed E-state index contributed by atoms with van der Waals surface area (Å²) in [4.78, 5) is 22.7. The molecule has 2 saturated heterocycles. The van der Waals surface area contributed by atoms with Gasteiger partial charge in [0.25, 0.3) is 5.91 Å². The molecule has 0 aliphatic carbocycles. The maximum absolute atomic E-state index is 12.1. The van der Waals surface area contributed by atoms with Crippen molar-refractivity contribution in [2.45, 2.75) is 63.6 Å². The minimum absolute atomic E-state index is 0.116. The Labute approximate surface area is 160 Å². The van der Waals surface area contributed by atoms with Crippen LogP contribution >= 0.6 is 0 Å². The molecule has 2 aliphatic rings. The number of hydrogen-bond donors (Lipinski definition) is 3. The van der Waals surface area contributed by atoms with Gasteiger partial charge in [-0.2, -0.15) is 0 Å². The highest BCUT2D eigenvalue weighted by molar-refractivity contribution is 5.93. The number of ether oxygens (including phenoxy) is 1. The van der Waals surface area contributed by atoms with Crippen molar-refractivity contribution in [2.75, 3.05) is 6.54 Å². The number of hydrogen-bond acceptors (Lipinski definition) is 4. The SMILES string of the molecule is O=C(O)CCCCCC[C@@H]1[C@@H](CNNC(=O)c2ccccc2)[C@H]2CC[C@@H]1O2. The fraction of sp³-hybridized carbons (Fsp3) is 0.619. The third-order valence-electron chi connectivity index (χ3n) is 5.84. The molecule has 1 aromatic carbocycles. The van der Waals surface area contributed by atoms with Crippen LogP contribution in [-0.2, 0) is 9.53 Å². The van der Waals surface area contributed by atoms with Crippen LogP contribution in [0.5, 0.6) is 0 Å². The average molecular weight is 374 g/mol. The van der Waals surface area contributed by atoms with Gasteiger partial charge >= 0.3 is 5.97 Å². The monoisotopic (exact) mass is 374 g/mol. The molecule has 6 nitrogen and oxygen atoms in total. The Balaban J connectivity index is 1.39. The van der Waals surface area contributed by atoms with Crippen LogP contribution in [0.25, 0.3) is 0 Å². The fourth-order valence-corrected chi connectivity index (χ4v) is 4.47. The molecule has 1 amide bonds. The van der Waals surface area contributed by atoms with Gasteiger partial charge in [-0.3, -0.25) is 15.0 Å². The summed E-state index contributed by atoms with van der Waals surface area (Å²) in [6, 6.07) is 9.19. The maximum Gasteiger partial charge on any atom is 0.303 e. The van der Waals surface area contributed by atoms with Gasteiger partial charge in [0, 0.05) is 24.4 Å². The first-order valence-electron chi connectivity index (χ1n) is 10.1. The second-order valence-electron chi connectivity index (χ2n) is 7.67. The molecule has 3 rings (SSSR count). The summed E-state index contributed by atoms with van der Waals surface area (Å²) in [7, 11) is 0. The zero-order chi connectivity index (χ0) is 19.1. The van der Waals surface area contributed by atoms with Gasteiger partial charge in [0.2, 0.25) is 0 Å². The van der Waals surface area contributed by atoms with Gasteiger partial charge in [-0.25, -0.2) is 5.43 Å². The van der Waals surface area contributed by atoms with E-state index in [2.05, 4.69) is 10.9 Å². The minimum Gasteiger partial charge on any atom is -0.481 e. The van der Waals surface area contributed by atoms with Gasteiger partial charge in [-0.05, 0) is 43.7 Å². The second kappa shape index (κ2) is 9.85. The number of carboxylic acids is 1. The first-order valence-corrected chi connectivity index (χ1v) is 10.1. The van der Waals surface area contributed by atoms with Crippen molar-refractivity contribution in [3.63, 3.8) is 0 Å². The van der Waals surface area contributed by atoms with E-state index in [4.69, 9.17) is 9.84 Å². The van der Waals surface area contributed by atoms with Gasteiger partial charge in [0.1, 0.15) is 0 Å². The fourth-order valence-electron chi connectivity index (χ4n) is 4.47. The predicted octanol–water partition coefficient (Wildman–Crippen LogP) is 3.14. The lowest BCUT2D eigenvalue weighted by Crippen LogP contribution is -2.44. The summed E-state index contributed by atoms with van der Waals surface area (Å²) in [6.45, 7) is 0.726. The van der Waals surface area contributed by atoms with Crippen molar-refractivity contribution in [3.8, 4) is 0 Å². The first-order chi connectivity index (χ1) is 13.1. The molecule has 0 unspecified atom stereocenters. The lowest BCUT2D eigenvalue weighted by molar-refractivity contribution is -0.137. The number of fused-ring (bicyclic) bond motifs is 2. The number of benzene rings is 1. The summed E-state index contributed by atoms with van der Waals surface area (Å²) in [6.07, 6.45) is 8.22. The van der Waals surface area contributed by atoms with Crippen LogP contribution in [0, 0.1) is 11.8 Å². The molecule has 2 bridgehead atoms. The number of amides is 1. The molecule has 1 aromatic rings. The Hall–Kier alpha value is -1.92. The second-order valence-corrected chi connectivity index (χ2v) is 7.67. The molecule has 148 valence electrons. The Bertz CT molecular complexity index is 622. The van der Waals surface area contributed by atoms with Crippen molar-refractivity contribution in [1.29, 1.82) is 0 Å². The Morgan fingerprint density at radius 1 is 1.00 bits per heavy atom. The lowest BCUT2D eigenvalue weighted by Gasteiger charge is -2.28. The topological polar surface area (TPSA) is 87.7 Å². The standard InChI is InChI=1S/C21H30N2O4/c24-20(25)11-7-2-1-6-10-16-17(19-13-12-18(16)27-19)14-22-23-21(26)15-8-4-3-5-9-15/h3-5,8-9,16-19,22H,1-2,6-7,10-14H2,(H,23,26)(H,24,25)/t16-,17-,18+,19-/m1/s1. The highest BCUT2D eigenvalue weighted by Gasteiger charge is 2.47. The quantitative estimate of drug-likeness (QED) is 0.409. The summed E-state index contributed by atoms with van der Waals surface area (Å²) >= 11 is 0. The molecule has 0 radical (unpaired) electrons. The summed E-state index contributed by atoms with van der Waals surface area (Å²) in [5, 5.41) is 8.69. The van der Waals surface area contributed by atoms with E-state index in [0.29, 0.717) is 29.6 Å². The molecule has 0 aromatic heterocycles. The van der Waals surface area contributed by atoms with Crippen LogP contribution in [0.1, 0.15) is 61.7 Å². The summed E-state index contributed by atoms with van der Waals surface area (Å²) < 4.78 is 6.12. The van der Waals surface area contributed by atoms with Crippen molar-refractivity contribution >= 4 is 11.9 Å². The number of nitrogens with one attached hydrogen (secondary N) is 2. The van der Waals surface area contributed by atoms with Crippen LogP contribution < -0.4 is 10.9 Å². The van der Waals surface area contributed by atoms with E-state index in [1.807, 2.05) is 18.2 Å². The highest BCUT2D eigenvalue weighted by Crippen LogP contribution is 2.45. The lowest BCUT2D eigenvalue weighted by atomic mass is 9.76. The number of carbonyl (C=O) groups excluding carboxylic acids is 1. The van der Waals surface area contributed by atoms with Crippen molar-refractivity contribution in [2.24, 2.45) is 11.8 Å². The Morgan fingerprint density at radius 3 is 2.44 bits per heavy atom. The predicted molar refractivity (Wildman–Crippen MR) is 102 cm³/mol. The van der Waals surface area contributed by atoms with Crippen LogP contribution in [0.15, 0.2) is 30.3 Å².